The lowest BCUT2D eigenvalue weighted by atomic mass is 10.0. The summed E-state index contributed by atoms with van der Waals surface area (Å²) in [5, 5.41) is 15.0. The van der Waals surface area contributed by atoms with E-state index in [4.69, 9.17) is 0 Å². The van der Waals surface area contributed by atoms with Crippen LogP contribution < -0.4 is 10.6 Å². The fraction of sp³-hybridized carbons (Fsp3) is 0.167. The standard InChI is InChI=1S/C18H17N5O4/c1-19-17(26)11-4-2-10(3-5-11)13(8-14(24)25)23-18(27)15-12-6-7-20-16(12)22-9-21-15/h2-7,9,13H,8H2,1H3,(H,19,26)(H,23,27)(H,24,25)(H,20,21,22)/t13-/m1/s1. The lowest BCUT2D eigenvalue weighted by molar-refractivity contribution is -0.137. The highest BCUT2D eigenvalue weighted by molar-refractivity contribution is 6.03. The Kier molecular flexibility index (Phi) is 5.11. The number of nitrogens with zero attached hydrogens (tertiary/aromatic N) is 2. The van der Waals surface area contributed by atoms with Gasteiger partial charge in [0, 0.05) is 18.8 Å². The fourth-order valence-corrected chi connectivity index (χ4v) is 2.72. The van der Waals surface area contributed by atoms with Crippen LogP contribution in [0.5, 0.6) is 0 Å². The Bertz CT molecular complexity index is 996. The minimum atomic E-state index is -1.06. The third kappa shape index (κ3) is 3.92. The van der Waals surface area contributed by atoms with Crippen LogP contribution in [-0.4, -0.2) is 44.9 Å². The largest absolute Gasteiger partial charge is 0.481 e. The number of amides is 2. The number of benzene rings is 1. The van der Waals surface area contributed by atoms with E-state index >= 15 is 0 Å². The summed E-state index contributed by atoms with van der Waals surface area (Å²) in [6, 6.07) is 7.27. The molecule has 9 nitrogen and oxygen atoms in total. The monoisotopic (exact) mass is 367 g/mol. The Balaban J connectivity index is 1.87. The number of carbonyl (C=O) groups is 3. The number of aromatic nitrogens is 3. The summed E-state index contributed by atoms with van der Waals surface area (Å²) in [5.74, 6) is -1.83. The van der Waals surface area contributed by atoms with E-state index in [2.05, 4.69) is 25.6 Å². The molecule has 0 aliphatic carbocycles. The Labute approximate surface area is 153 Å². The second-order valence-electron chi connectivity index (χ2n) is 5.79. The van der Waals surface area contributed by atoms with Gasteiger partial charge in [-0.15, -0.1) is 0 Å². The SMILES string of the molecule is CNC(=O)c1ccc([C@@H](CC(=O)O)NC(=O)c2ncnc3[nH]ccc23)cc1. The highest BCUT2D eigenvalue weighted by atomic mass is 16.4. The van der Waals surface area contributed by atoms with Gasteiger partial charge in [0.2, 0.25) is 0 Å². The molecule has 4 N–H and O–H groups in total. The van der Waals surface area contributed by atoms with Crippen LogP contribution in [0.2, 0.25) is 0 Å². The van der Waals surface area contributed by atoms with Gasteiger partial charge in [0.1, 0.15) is 17.7 Å². The molecule has 0 fully saturated rings. The first-order chi connectivity index (χ1) is 13.0. The lowest BCUT2D eigenvalue weighted by Gasteiger charge is -2.18. The second-order valence-corrected chi connectivity index (χ2v) is 5.79. The predicted molar refractivity (Wildman–Crippen MR) is 96.2 cm³/mol. The van der Waals surface area contributed by atoms with Crippen molar-refractivity contribution in [2.75, 3.05) is 7.05 Å². The first kappa shape index (κ1) is 18.1. The van der Waals surface area contributed by atoms with E-state index in [-0.39, 0.29) is 18.0 Å². The molecule has 0 bridgehead atoms. The van der Waals surface area contributed by atoms with Crippen molar-refractivity contribution in [3.05, 3.63) is 59.7 Å². The minimum Gasteiger partial charge on any atom is -0.481 e. The summed E-state index contributed by atoms with van der Waals surface area (Å²) in [6.07, 6.45) is 2.59. The van der Waals surface area contributed by atoms with Crippen molar-refractivity contribution in [1.29, 1.82) is 0 Å². The summed E-state index contributed by atoms with van der Waals surface area (Å²) in [4.78, 5) is 46.5. The maximum absolute atomic E-state index is 12.7. The zero-order valence-electron chi connectivity index (χ0n) is 14.4. The van der Waals surface area contributed by atoms with Crippen molar-refractivity contribution in [2.24, 2.45) is 0 Å². The van der Waals surface area contributed by atoms with Crippen LogP contribution in [0, 0.1) is 0 Å². The van der Waals surface area contributed by atoms with E-state index in [1.54, 1.807) is 36.5 Å². The zero-order valence-corrected chi connectivity index (χ0v) is 14.4. The topological polar surface area (TPSA) is 137 Å². The zero-order chi connectivity index (χ0) is 19.4. The summed E-state index contributed by atoms with van der Waals surface area (Å²) in [5.41, 5.74) is 1.67. The molecule has 0 saturated heterocycles. The van der Waals surface area contributed by atoms with Crippen molar-refractivity contribution < 1.29 is 19.5 Å². The number of aliphatic carboxylic acids is 1. The Morgan fingerprint density at radius 3 is 2.52 bits per heavy atom. The predicted octanol–water partition coefficient (Wildman–Crippen LogP) is 1.26. The summed E-state index contributed by atoms with van der Waals surface area (Å²) >= 11 is 0. The number of fused-ring (bicyclic) bond motifs is 1. The third-order valence-corrected chi connectivity index (χ3v) is 4.06. The van der Waals surface area contributed by atoms with Crippen molar-refractivity contribution in [1.82, 2.24) is 25.6 Å². The molecular weight excluding hydrogens is 350 g/mol. The number of carboxylic acid groups (broad SMARTS) is 1. The molecule has 0 saturated carbocycles. The van der Waals surface area contributed by atoms with Crippen LogP contribution in [0.4, 0.5) is 0 Å². The third-order valence-electron chi connectivity index (χ3n) is 4.06. The van der Waals surface area contributed by atoms with E-state index < -0.39 is 17.9 Å². The normalized spacial score (nSPS) is 11.7. The number of hydrogen-bond donors (Lipinski definition) is 4. The molecule has 138 valence electrons. The van der Waals surface area contributed by atoms with Crippen LogP contribution in [0.25, 0.3) is 11.0 Å². The molecule has 9 heteroatoms. The Morgan fingerprint density at radius 2 is 1.85 bits per heavy atom. The van der Waals surface area contributed by atoms with Gasteiger partial charge in [-0.2, -0.15) is 0 Å². The maximum Gasteiger partial charge on any atom is 0.305 e. The molecule has 3 aromatic rings. The fourth-order valence-electron chi connectivity index (χ4n) is 2.72. The summed E-state index contributed by atoms with van der Waals surface area (Å²) < 4.78 is 0. The van der Waals surface area contributed by atoms with Crippen LogP contribution >= 0.6 is 0 Å². The molecule has 1 atom stereocenters. The Morgan fingerprint density at radius 1 is 1.11 bits per heavy atom. The van der Waals surface area contributed by atoms with E-state index in [1.165, 1.54) is 13.4 Å². The molecule has 0 unspecified atom stereocenters. The number of carbonyl (C=O) groups excluding carboxylic acids is 2. The van der Waals surface area contributed by atoms with E-state index in [0.717, 1.165) is 0 Å². The number of hydrogen-bond acceptors (Lipinski definition) is 5. The second kappa shape index (κ2) is 7.65. The van der Waals surface area contributed by atoms with Gasteiger partial charge in [0.15, 0.2) is 0 Å². The van der Waals surface area contributed by atoms with Gasteiger partial charge < -0.3 is 20.7 Å². The Hall–Kier alpha value is -3.75. The number of aromatic amines is 1. The van der Waals surface area contributed by atoms with Crippen molar-refractivity contribution in [2.45, 2.75) is 12.5 Å². The molecule has 3 rings (SSSR count). The van der Waals surface area contributed by atoms with Crippen molar-refractivity contribution in [3.8, 4) is 0 Å². The summed E-state index contributed by atoms with van der Waals surface area (Å²) in [6.45, 7) is 0. The molecule has 2 amide bonds. The van der Waals surface area contributed by atoms with Crippen molar-refractivity contribution in [3.63, 3.8) is 0 Å². The molecule has 27 heavy (non-hydrogen) atoms. The van der Waals surface area contributed by atoms with E-state index in [9.17, 15) is 19.5 Å². The van der Waals surface area contributed by atoms with Gasteiger partial charge in [-0.05, 0) is 23.8 Å². The highest BCUT2D eigenvalue weighted by Gasteiger charge is 2.21. The first-order valence-electron chi connectivity index (χ1n) is 8.12. The average Bonchev–Trinajstić information content (AvgIpc) is 3.15. The lowest BCUT2D eigenvalue weighted by Crippen LogP contribution is -2.31. The molecule has 0 aliphatic rings. The van der Waals surface area contributed by atoms with Crippen LogP contribution in [0.15, 0.2) is 42.9 Å². The van der Waals surface area contributed by atoms with Crippen LogP contribution in [0.3, 0.4) is 0 Å². The maximum atomic E-state index is 12.7. The number of carboxylic acids is 1. The molecular formula is C18H17N5O4. The van der Waals surface area contributed by atoms with Gasteiger partial charge >= 0.3 is 5.97 Å². The first-order valence-corrected chi connectivity index (χ1v) is 8.12. The molecule has 0 aliphatic heterocycles. The number of H-pyrrole nitrogens is 1. The number of nitrogens with one attached hydrogen (secondary N) is 3. The molecule has 0 spiro atoms. The van der Waals surface area contributed by atoms with Gasteiger partial charge in [0.25, 0.3) is 11.8 Å². The smallest absolute Gasteiger partial charge is 0.305 e. The van der Waals surface area contributed by atoms with Crippen LogP contribution in [0.1, 0.15) is 38.9 Å². The number of rotatable bonds is 6. The average molecular weight is 367 g/mol. The van der Waals surface area contributed by atoms with E-state index in [0.29, 0.717) is 22.2 Å². The van der Waals surface area contributed by atoms with Crippen molar-refractivity contribution >= 4 is 28.8 Å². The molecule has 2 heterocycles. The van der Waals surface area contributed by atoms with E-state index in [1.807, 2.05) is 0 Å². The highest BCUT2D eigenvalue weighted by Crippen LogP contribution is 2.20. The summed E-state index contributed by atoms with van der Waals surface area (Å²) in [7, 11) is 1.52. The minimum absolute atomic E-state index is 0.151. The van der Waals surface area contributed by atoms with Gasteiger partial charge in [0.05, 0.1) is 17.8 Å². The molecule has 1 aromatic carbocycles. The van der Waals surface area contributed by atoms with Gasteiger partial charge in [-0.25, -0.2) is 9.97 Å². The van der Waals surface area contributed by atoms with Crippen LogP contribution in [-0.2, 0) is 4.79 Å². The molecule has 0 radical (unpaired) electrons. The molecule has 2 aromatic heterocycles. The van der Waals surface area contributed by atoms with Gasteiger partial charge in [-0.3, -0.25) is 14.4 Å². The van der Waals surface area contributed by atoms with Gasteiger partial charge in [-0.1, -0.05) is 12.1 Å². The quantitative estimate of drug-likeness (QED) is 0.518.